The van der Waals surface area contributed by atoms with E-state index in [4.69, 9.17) is 4.74 Å². The van der Waals surface area contributed by atoms with Crippen LogP contribution in [0.2, 0.25) is 0 Å². The van der Waals surface area contributed by atoms with E-state index in [0.717, 1.165) is 28.1 Å². The molecule has 4 rings (SSSR count). The average molecular weight is 543 g/mol. The first-order valence-electron chi connectivity index (χ1n) is 10.2. The number of anilines is 2. The largest absolute Gasteiger partial charge is 1.00 e. The molecule has 1 aliphatic rings. The lowest BCUT2D eigenvalue weighted by molar-refractivity contribution is -0.695. The summed E-state index contributed by atoms with van der Waals surface area (Å²) < 4.78 is 7.37. The Balaban J connectivity index is 0.00000289. The molecule has 1 aliphatic heterocycles. The van der Waals surface area contributed by atoms with Crippen molar-refractivity contribution < 1.29 is 42.9 Å². The summed E-state index contributed by atoms with van der Waals surface area (Å²) in [5, 5.41) is 3.07. The highest BCUT2D eigenvalue weighted by Crippen LogP contribution is 2.37. The van der Waals surface area contributed by atoms with E-state index < -0.39 is 6.04 Å². The minimum atomic E-state index is -0.836. The topological polar surface area (TPSA) is 62.5 Å². The van der Waals surface area contributed by atoms with Gasteiger partial charge in [0.15, 0.2) is 6.20 Å². The van der Waals surface area contributed by atoms with Crippen molar-refractivity contribution in [2.75, 3.05) is 17.3 Å². The van der Waals surface area contributed by atoms with Gasteiger partial charge in [0.1, 0.15) is 5.75 Å². The highest BCUT2D eigenvalue weighted by Gasteiger charge is 2.44. The van der Waals surface area contributed by atoms with Gasteiger partial charge >= 0.3 is 0 Å². The maximum absolute atomic E-state index is 13.7. The molecule has 166 valence electrons. The van der Waals surface area contributed by atoms with Crippen molar-refractivity contribution in [3.8, 4) is 5.75 Å². The molecule has 0 saturated carbocycles. The Morgan fingerprint density at radius 2 is 1.78 bits per heavy atom. The van der Waals surface area contributed by atoms with Gasteiger partial charge in [-0.2, -0.15) is 4.57 Å². The van der Waals surface area contributed by atoms with Crippen LogP contribution in [0.1, 0.15) is 28.4 Å². The van der Waals surface area contributed by atoms with E-state index in [9.17, 15) is 9.59 Å². The number of fused-ring (bicyclic) bond motifs is 1. The summed E-state index contributed by atoms with van der Waals surface area (Å²) in [5.41, 5.74) is 5.01. The van der Waals surface area contributed by atoms with Crippen molar-refractivity contribution in [3.63, 3.8) is 0 Å². The standard InChI is InChI=1S/C25H25N3O3.HI/c1-16-11-12-21(31-4)20(14-16)28-22(29)15-27-13-6-5-10-19(27)24(28)25(30)26-23-17(2)8-7-9-18(23)3;/h5-14,24H,15H2,1-4H3;1H. The van der Waals surface area contributed by atoms with Crippen LogP contribution in [0.5, 0.6) is 5.75 Å². The number of carbonyl (C=O) groups is 2. The van der Waals surface area contributed by atoms with Crippen molar-refractivity contribution >= 4 is 23.2 Å². The van der Waals surface area contributed by atoms with Gasteiger partial charge in [0.25, 0.3) is 11.8 Å². The van der Waals surface area contributed by atoms with Gasteiger partial charge < -0.3 is 34.0 Å². The first kappa shape index (κ1) is 23.7. The molecule has 0 aliphatic carbocycles. The second-order valence-corrected chi connectivity index (χ2v) is 7.85. The number of aryl methyl sites for hydroxylation is 3. The molecule has 6 nitrogen and oxygen atoms in total. The van der Waals surface area contributed by atoms with Crippen molar-refractivity contribution in [2.45, 2.75) is 33.4 Å². The Morgan fingerprint density at radius 1 is 1.06 bits per heavy atom. The quantitative estimate of drug-likeness (QED) is 0.389. The van der Waals surface area contributed by atoms with Gasteiger partial charge in [-0.3, -0.25) is 14.5 Å². The first-order valence-corrected chi connectivity index (χ1v) is 10.2. The molecule has 0 saturated heterocycles. The van der Waals surface area contributed by atoms with Crippen LogP contribution < -0.4 is 43.5 Å². The Hall–Kier alpha value is -2.94. The highest BCUT2D eigenvalue weighted by atomic mass is 127. The third-order valence-corrected chi connectivity index (χ3v) is 5.66. The van der Waals surface area contributed by atoms with Crippen LogP contribution in [0, 0.1) is 20.8 Å². The minimum Gasteiger partial charge on any atom is -1.00 e. The normalized spacial score (nSPS) is 14.9. The van der Waals surface area contributed by atoms with Gasteiger partial charge in [-0.15, -0.1) is 0 Å². The number of rotatable bonds is 4. The van der Waals surface area contributed by atoms with Gasteiger partial charge in [-0.05, 0) is 49.6 Å². The number of para-hydroxylation sites is 1. The van der Waals surface area contributed by atoms with E-state index in [2.05, 4.69) is 5.32 Å². The summed E-state index contributed by atoms with van der Waals surface area (Å²) in [6, 6.07) is 16.3. The van der Waals surface area contributed by atoms with Crippen molar-refractivity contribution in [3.05, 3.63) is 83.2 Å². The average Bonchev–Trinajstić information content (AvgIpc) is 2.75. The second kappa shape index (κ2) is 9.68. The number of pyridine rings is 1. The molecule has 0 bridgehead atoms. The Kier molecular flexibility index (Phi) is 7.18. The summed E-state index contributed by atoms with van der Waals surface area (Å²) in [6.45, 7) is 6.02. The molecule has 2 amide bonds. The molecule has 0 spiro atoms. The number of amides is 2. The smallest absolute Gasteiger partial charge is 0.294 e. The number of hydrogen-bond donors (Lipinski definition) is 1. The van der Waals surface area contributed by atoms with E-state index in [1.165, 1.54) is 0 Å². The number of benzene rings is 2. The van der Waals surface area contributed by atoms with Crippen LogP contribution in [0.15, 0.2) is 60.8 Å². The van der Waals surface area contributed by atoms with Crippen LogP contribution in [0.3, 0.4) is 0 Å². The SMILES string of the molecule is COc1ccc(C)cc1N1C(=O)C[n+]2ccccc2C1C(=O)Nc1c(C)cccc1C.[I-]. The summed E-state index contributed by atoms with van der Waals surface area (Å²) in [7, 11) is 1.57. The van der Waals surface area contributed by atoms with Gasteiger partial charge in [-0.1, -0.05) is 30.3 Å². The van der Waals surface area contributed by atoms with Crippen LogP contribution in [-0.4, -0.2) is 18.9 Å². The Bertz CT molecular complexity index is 1160. The predicted octanol–water partition coefficient (Wildman–Crippen LogP) is 0.639. The third kappa shape index (κ3) is 4.34. The zero-order valence-corrected chi connectivity index (χ0v) is 20.7. The van der Waals surface area contributed by atoms with E-state index in [-0.39, 0.29) is 42.3 Å². The second-order valence-electron chi connectivity index (χ2n) is 7.85. The molecule has 3 aromatic rings. The molecule has 0 fully saturated rings. The molecule has 1 N–H and O–H groups in total. The fraction of sp³-hybridized carbons (Fsp3) is 0.240. The van der Waals surface area contributed by atoms with E-state index in [0.29, 0.717) is 11.4 Å². The number of carbonyl (C=O) groups excluding carboxylic acids is 2. The summed E-state index contributed by atoms with van der Waals surface area (Å²) in [5.74, 6) is 0.108. The van der Waals surface area contributed by atoms with Crippen LogP contribution >= 0.6 is 0 Å². The summed E-state index contributed by atoms with van der Waals surface area (Å²) in [4.78, 5) is 28.6. The van der Waals surface area contributed by atoms with Gasteiger partial charge in [0, 0.05) is 17.8 Å². The predicted molar refractivity (Wildman–Crippen MR) is 119 cm³/mol. The monoisotopic (exact) mass is 543 g/mol. The Morgan fingerprint density at radius 3 is 2.47 bits per heavy atom. The number of methoxy groups -OCH3 is 1. The number of nitrogens with zero attached hydrogens (tertiary/aromatic N) is 2. The molecule has 2 heterocycles. The molecule has 0 radical (unpaired) electrons. The fourth-order valence-electron chi connectivity index (χ4n) is 4.10. The first-order chi connectivity index (χ1) is 14.9. The third-order valence-electron chi connectivity index (χ3n) is 5.66. The van der Waals surface area contributed by atoms with E-state index in [1.54, 1.807) is 12.0 Å². The number of aromatic nitrogens is 1. The zero-order chi connectivity index (χ0) is 22.1. The molecular weight excluding hydrogens is 517 g/mol. The van der Waals surface area contributed by atoms with E-state index >= 15 is 0 Å². The van der Waals surface area contributed by atoms with Crippen molar-refractivity contribution in [1.29, 1.82) is 0 Å². The number of ether oxygens (including phenoxy) is 1. The van der Waals surface area contributed by atoms with Crippen LogP contribution in [0.25, 0.3) is 0 Å². The lowest BCUT2D eigenvalue weighted by Crippen LogP contribution is -3.00. The number of halogens is 1. The summed E-state index contributed by atoms with van der Waals surface area (Å²) >= 11 is 0. The maximum atomic E-state index is 13.7. The molecule has 7 heteroatoms. The van der Waals surface area contributed by atoms with Crippen LogP contribution in [0.4, 0.5) is 11.4 Å². The lowest BCUT2D eigenvalue weighted by Gasteiger charge is -2.33. The number of nitrogens with one attached hydrogen (secondary N) is 1. The van der Waals surface area contributed by atoms with Gasteiger partial charge in [-0.25, -0.2) is 0 Å². The molecule has 1 unspecified atom stereocenters. The Labute approximate surface area is 205 Å². The number of hydrogen-bond acceptors (Lipinski definition) is 3. The minimum absolute atomic E-state index is 0. The van der Waals surface area contributed by atoms with Crippen molar-refractivity contribution in [2.24, 2.45) is 0 Å². The van der Waals surface area contributed by atoms with E-state index in [1.807, 2.05) is 86.1 Å². The molecule has 1 aromatic heterocycles. The van der Waals surface area contributed by atoms with Gasteiger partial charge in [0.2, 0.25) is 18.3 Å². The lowest BCUT2D eigenvalue weighted by atomic mass is 10.0. The summed E-state index contributed by atoms with van der Waals surface area (Å²) in [6.07, 6.45) is 1.83. The maximum Gasteiger partial charge on any atom is 0.294 e. The molecule has 32 heavy (non-hydrogen) atoms. The molecular formula is C25H26IN3O3. The highest BCUT2D eigenvalue weighted by molar-refractivity contribution is 6.06. The molecule has 2 aromatic carbocycles. The van der Waals surface area contributed by atoms with Crippen LogP contribution in [-0.2, 0) is 16.1 Å². The zero-order valence-electron chi connectivity index (χ0n) is 18.6. The van der Waals surface area contributed by atoms with Gasteiger partial charge in [0.05, 0.1) is 12.8 Å². The fourth-order valence-corrected chi connectivity index (χ4v) is 4.10. The van der Waals surface area contributed by atoms with Crippen molar-refractivity contribution in [1.82, 2.24) is 0 Å². The molecule has 1 atom stereocenters.